The standard InChI is InChI=1S/C21H23N5O2/c1-13-9-16(15(3)26(13)14(2)12-28-4)10-17(11-22)20(27)25-21-23-18-7-5-6-8-19(18)24-21/h5-10,14H,12H2,1-4H3,(H2,23,24,25,27)/b17-10-. The van der Waals surface area contributed by atoms with E-state index >= 15 is 0 Å². The van der Waals surface area contributed by atoms with E-state index in [1.54, 1.807) is 13.2 Å². The van der Waals surface area contributed by atoms with Crippen LogP contribution in [0.5, 0.6) is 0 Å². The number of nitriles is 1. The quantitative estimate of drug-likeness (QED) is 0.505. The Morgan fingerprint density at radius 1 is 1.43 bits per heavy atom. The van der Waals surface area contributed by atoms with Crippen LogP contribution in [-0.4, -0.2) is 34.2 Å². The average Bonchev–Trinajstić information content (AvgIpc) is 3.19. The predicted octanol–water partition coefficient (Wildman–Crippen LogP) is 3.73. The molecule has 7 nitrogen and oxygen atoms in total. The van der Waals surface area contributed by atoms with Crippen LogP contribution in [0, 0.1) is 25.2 Å². The number of anilines is 1. The van der Waals surface area contributed by atoms with Gasteiger partial charge in [-0.1, -0.05) is 12.1 Å². The van der Waals surface area contributed by atoms with E-state index in [9.17, 15) is 10.1 Å². The van der Waals surface area contributed by atoms with Crippen LogP contribution in [0.15, 0.2) is 35.9 Å². The van der Waals surface area contributed by atoms with Gasteiger partial charge in [0.1, 0.15) is 11.6 Å². The van der Waals surface area contributed by atoms with E-state index in [4.69, 9.17) is 4.74 Å². The molecule has 7 heteroatoms. The number of methoxy groups -OCH3 is 1. The van der Waals surface area contributed by atoms with E-state index in [1.165, 1.54) is 0 Å². The molecular formula is C21H23N5O2. The number of benzene rings is 1. The first-order valence-corrected chi connectivity index (χ1v) is 8.99. The Bertz CT molecular complexity index is 1050. The Kier molecular flexibility index (Phi) is 5.62. The van der Waals surface area contributed by atoms with Gasteiger partial charge in [0, 0.05) is 18.5 Å². The van der Waals surface area contributed by atoms with Crippen molar-refractivity contribution >= 4 is 29.0 Å². The zero-order valence-corrected chi connectivity index (χ0v) is 16.4. The first-order valence-electron chi connectivity index (χ1n) is 8.99. The molecule has 0 aliphatic carbocycles. The van der Waals surface area contributed by atoms with Crippen LogP contribution in [-0.2, 0) is 9.53 Å². The number of hydrogen-bond acceptors (Lipinski definition) is 4. The number of carbonyl (C=O) groups excluding carboxylic acids is 1. The number of carbonyl (C=O) groups is 1. The minimum atomic E-state index is -0.503. The fraction of sp³-hybridized carbons (Fsp3) is 0.286. The van der Waals surface area contributed by atoms with Gasteiger partial charge in [0.05, 0.1) is 23.7 Å². The first-order chi connectivity index (χ1) is 13.4. The summed E-state index contributed by atoms with van der Waals surface area (Å²) in [6, 6.07) is 11.6. The molecule has 2 N–H and O–H groups in total. The Hall–Kier alpha value is -3.37. The summed E-state index contributed by atoms with van der Waals surface area (Å²) in [5.41, 5.74) is 4.43. The van der Waals surface area contributed by atoms with Gasteiger partial charge in [-0.2, -0.15) is 5.26 Å². The highest BCUT2D eigenvalue weighted by molar-refractivity contribution is 6.09. The van der Waals surface area contributed by atoms with Crippen LogP contribution in [0.4, 0.5) is 5.95 Å². The molecule has 144 valence electrons. The molecule has 0 aliphatic heterocycles. The molecule has 3 rings (SSSR count). The lowest BCUT2D eigenvalue weighted by Gasteiger charge is -2.17. The summed E-state index contributed by atoms with van der Waals surface area (Å²) < 4.78 is 7.39. The Morgan fingerprint density at radius 3 is 2.86 bits per heavy atom. The molecule has 28 heavy (non-hydrogen) atoms. The smallest absolute Gasteiger partial charge is 0.268 e. The van der Waals surface area contributed by atoms with Gasteiger partial charge < -0.3 is 14.3 Å². The topological polar surface area (TPSA) is 95.7 Å². The number of aromatic nitrogens is 3. The summed E-state index contributed by atoms with van der Waals surface area (Å²) in [6.45, 7) is 6.61. The Labute approximate surface area is 163 Å². The molecule has 0 saturated carbocycles. The van der Waals surface area contributed by atoms with E-state index in [-0.39, 0.29) is 11.6 Å². The van der Waals surface area contributed by atoms with Gasteiger partial charge >= 0.3 is 0 Å². The number of aromatic amines is 1. The summed E-state index contributed by atoms with van der Waals surface area (Å²) in [5, 5.41) is 12.2. The van der Waals surface area contributed by atoms with Gasteiger partial charge in [0.15, 0.2) is 0 Å². The van der Waals surface area contributed by atoms with E-state index in [0.29, 0.717) is 12.6 Å². The van der Waals surface area contributed by atoms with Crippen molar-refractivity contribution in [1.29, 1.82) is 5.26 Å². The van der Waals surface area contributed by atoms with Crippen LogP contribution in [0.2, 0.25) is 0 Å². The maximum Gasteiger partial charge on any atom is 0.268 e. The lowest BCUT2D eigenvalue weighted by molar-refractivity contribution is -0.112. The fourth-order valence-corrected chi connectivity index (χ4v) is 3.43. The summed E-state index contributed by atoms with van der Waals surface area (Å²) in [5.74, 6) is -0.192. The number of nitrogens with one attached hydrogen (secondary N) is 2. The van der Waals surface area contributed by atoms with Crippen molar-refractivity contribution in [2.24, 2.45) is 0 Å². The van der Waals surface area contributed by atoms with Gasteiger partial charge in [0.2, 0.25) is 5.95 Å². The zero-order chi connectivity index (χ0) is 20.3. The number of para-hydroxylation sites is 2. The number of H-pyrrole nitrogens is 1. The van der Waals surface area contributed by atoms with Crippen LogP contribution < -0.4 is 5.32 Å². The molecular weight excluding hydrogens is 354 g/mol. The second-order valence-corrected chi connectivity index (χ2v) is 6.73. The molecule has 0 aliphatic rings. The highest BCUT2D eigenvalue weighted by Crippen LogP contribution is 2.23. The average molecular weight is 377 g/mol. The number of hydrogen-bond donors (Lipinski definition) is 2. The largest absolute Gasteiger partial charge is 0.383 e. The van der Waals surface area contributed by atoms with Crippen LogP contribution >= 0.6 is 0 Å². The molecule has 3 aromatic rings. The molecule has 1 aromatic carbocycles. The third-order valence-corrected chi connectivity index (χ3v) is 4.66. The van der Waals surface area contributed by atoms with E-state index in [2.05, 4.69) is 26.8 Å². The maximum absolute atomic E-state index is 12.6. The van der Waals surface area contributed by atoms with E-state index in [0.717, 1.165) is 28.0 Å². The molecule has 0 fully saturated rings. The second-order valence-electron chi connectivity index (χ2n) is 6.73. The van der Waals surface area contributed by atoms with Crippen molar-refractivity contribution in [1.82, 2.24) is 14.5 Å². The molecule has 0 radical (unpaired) electrons. The number of fused-ring (bicyclic) bond motifs is 1. The molecule has 2 heterocycles. The number of aryl methyl sites for hydroxylation is 1. The monoisotopic (exact) mass is 377 g/mol. The third kappa shape index (κ3) is 3.82. The van der Waals surface area contributed by atoms with Crippen LogP contribution in [0.3, 0.4) is 0 Å². The SMILES string of the molecule is COCC(C)n1c(C)cc(/C=C(/C#N)C(=O)Nc2nc3ccccc3[nH]2)c1C. The first kappa shape index (κ1) is 19.4. The van der Waals surface area contributed by atoms with Gasteiger partial charge in [-0.3, -0.25) is 10.1 Å². The summed E-state index contributed by atoms with van der Waals surface area (Å²) in [6.07, 6.45) is 1.61. The highest BCUT2D eigenvalue weighted by atomic mass is 16.5. The molecule has 0 saturated heterocycles. The van der Waals surface area contributed by atoms with E-state index in [1.807, 2.05) is 50.2 Å². The van der Waals surface area contributed by atoms with Crippen molar-refractivity contribution in [3.8, 4) is 6.07 Å². The van der Waals surface area contributed by atoms with Crippen LogP contribution in [0.25, 0.3) is 17.1 Å². The molecule has 1 atom stereocenters. The molecule has 1 amide bonds. The zero-order valence-electron chi connectivity index (χ0n) is 16.4. The number of rotatable bonds is 6. The summed E-state index contributed by atoms with van der Waals surface area (Å²) >= 11 is 0. The maximum atomic E-state index is 12.6. The third-order valence-electron chi connectivity index (χ3n) is 4.66. The van der Waals surface area contributed by atoms with Gasteiger partial charge in [-0.15, -0.1) is 0 Å². The van der Waals surface area contributed by atoms with Gasteiger partial charge in [-0.05, 0) is 50.6 Å². The predicted molar refractivity (Wildman–Crippen MR) is 109 cm³/mol. The number of amides is 1. The molecule has 1 unspecified atom stereocenters. The van der Waals surface area contributed by atoms with Crippen molar-refractivity contribution in [3.63, 3.8) is 0 Å². The number of nitrogens with zero attached hydrogens (tertiary/aromatic N) is 3. The van der Waals surface area contributed by atoms with Crippen LogP contribution in [0.1, 0.15) is 29.9 Å². The molecule has 0 bridgehead atoms. The van der Waals surface area contributed by atoms with Crippen molar-refractivity contribution in [3.05, 3.63) is 52.9 Å². The Morgan fingerprint density at radius 2 is 2.18 bits per heavy atom. The minimum Gasteiger partial charge on any atom is -0.383 e. The second kappa shape index (κ2) is 8.11. The summed E-state index contributed by atoms with van der Waals surface area (Å²) in [7, 11) is 1.67. The normalized spacial score (nSPS) is 12.8. The van der Waals surface area contributed by atoms with Crippen molar-refractivity contribution in [2.75, 3.05) is 19.0 Å². The number of imidazole rings is 1. The highest BCUT2D eigenvalue weighted by Gasteiger charge is 2.16. The number of ether oxygens (including phenoxy) is 1. The van der Waals surface area contributed by atoms with E-state index < -0.39 is 5.91 Å². The van der Waals surface area contributed by atoms with Gasteiger partial charge in [0.25, 0.3) is 5.91 Å². The van der Waals surface area contributed by atoms with Gasteiger partial charge in [-0.25, -0.2) is 4.98 Å². The van der Waals surface area contributed by atoms with Crippen molar-refractivity contribution in [2.45, 2.75) is 26.8 Å². The lowest BCUT2D eigenvalue weighted by atomic mass is 10.1. The Balaban J connectivity index is 1.86. The van der Waals surface area contributed by atoms with Crippen molar-refractivity contribution < 1.29 is 9.53 Å². The molecule has 0 spiro atoms. The summed E-state index contributed by atoms with van der Waals surface area (Å²) in [4.78, 5) is 19.9. The molecule has 2 aromatic heterocycles. The fourth-order valence-electron chi connectivity index (χ4n) is 3.43. The minimum absolute atomic E-state index is 0.0140. The lowest BCUT2D eigenvalue weighted by Crippen LogP contribution is -2.15.